The number of hydrogen-bond acceptors (Lipinski definition) is 2. The summed E-state index contributed by atoms with van der Waals surface area (Å²) in [5, 5.41) is 6.10. The second-order valence-electron chi connectivity index (χ2n) is 4.39. The van der Waals surface area contributed by atoms with Gasteiger partial charge in [0.15, 0.2) is 0 Å². The zero-order valence-electron chi connectivity index (χ0n) is 11.4. The smallest absolute Gasteiger partial charge is 0.220 e. The Hall–Kier alpha value is -1.13. The van der Waals surface area contributed by atoms with Gasteiger partial charge in [0.05, 0.1) is 0 Å². The average Bonchev–Trinajstić information content (AvgIpc) is 2.36. The van der Waals surface area contributed by atoms with Crippen LogP contribution in [0.5, 0.6) is 0 Å². The van der Waals surface area contributed by atoms with Crippen LogP contribution < -0.4 is 10.6 Å². The Morgan fingerprint density at radius 1 is 1.32 bits per heavy atom. The van der Waals surface area contributed by atoms with Crippen molar-refractivity contribution in [2.75, 3.05) is 13.1 Å². The Labute approximate surface area is 120 Å². The maximum atomic E-state index is 12.7. The Morgan fingerprint density at radius 3 is 2.53 bits per heavy atom. The first-order valence-corrected chi connectivity index (χ1v) is 6.36. The van der Waals surface area contributed by atoms with E-state index >= 15 is 0 Å². The molecule has 0 fully saturated rings. The van der Waals surface area contributed by atoms with Crippen molar-refractivity contribution in [3.63, 3.8) is 0 Å². The number of likely N-dealkylation sites (N-methyl/N-ethyl adjacent to an activating group) is 1. The van der Waals surface area contributed by atoms with E-state index in [1.54, 1.807) is 12.1 Å². The number of carbonyl (C=O) groups is 1. The van der Waals surface area contributed by atoms with Crippen LogP contribution in [0.1, 0.15) is 25.8 Å². The van der Waals surface area contributed by atoms with Crippen molar-refractivity contribution in [1.29, 1.82) is 0 Å². The summed E-state index contributed by atoms with van der Waals surface area (Å²) in [4.78, 5) is 11.6. The summed E-state index contributed by atoms with van der Waals surface area (Å²) >= 11 is 0. The molecule has 0 aliphatic heterocycles. The summed E-state index contributed by atoms with van der Waals surface area (Å²) in [7, 11) is 0. The fourth-order valence-electron chi connectivity index (χ4n) is 1.68. The lowest BCUT2D eigenvalue weighted by Gasteiger charge is -2.13. The molecule has 0 aliphatic carbocycles. The first-order chi connectivity index (χ1) is 8.61. The molecular weight excluding hydrogens is 267 g/mol. The molecule has 108 valence electrons. The summed E-state index contributed by atoms with van der Waals surface area (Å²) in [6.07, 6.45) is 1.08. The van der Waals surface area contributed by atoms with Gasteiger partial charge in [-0.25, -0.2) is 4.39 Å². The minimum absolute atomic E-state index is 0. The van der Waals surface area contributed by atoms with E-state index in [0.717, 1.165) is 12.1 Å². The van der Waals surface area contributed by atoms with E-state index in [0.29, 0.717) is 19.4 Å². The fraction of sp³-hybridized carbons (Fsp3) is 0.500. The van der Waals surface area contributed by atoms with E-state index in [1.165, 1.54) is 12.1 Å². The van der Waals surface area contributed by atoms with Crippen LogP contribution in [-0.4, -0.2) is 25.0 Å². The molecule has 1 aromatic carbocycles. The molecule has 1 atom stereocenters. The third kappa shape index (κ3) is 7.80. The molecule has 0 saturated carbocycles. The summed E-state index contributed by atoms with van der Waals surface area (Å²) in [6, 6.07) is 6.54. The highest BCUT2D eigenvalue weighted by Gasteiger charge is 2.04. The lowest BCUT2D eigenvalue weighted by molar-refractivity contribution is -0.121. The Balaban J connectivity index is 0.00000324. The minimum atomic E-state index is -0.248. The van der Waals surface area contributed by atoms with Crippen LogP contribution in [0.2, 0.25) is 0 Å². The third-order valence-corrected chi connectivity index (χ3v) is 2.71. The molecule has 3 nitrogen and oxygen atoms in total. The van der Waals surface area contributed by atoms with Crippen LogP contribution in [0, 0.1) is 5.82 Å². The van der Waals surface area contributed by atoms with Gasteiger partial charge in [-0.05, 0) is 37.6 Å². The largest absolute Gasteiger partial charge is 0.355 e. The van der Waals surface area contributed by atoms with Gasteiger partial charge in [0, 0.05) is 19.0 Å². The maximum absolute atomic E-state index is 12.7. The Bertz CT molecular complexity index is 370. The number of benzene rings is 1. The van der Waals surface area contributed by atoms with Gasteiger partial charge in [-0.3, -0.25) is 4.79 Å². The quantitative estimate of drug-likeness (QED) is 0.808. The molecule has 0 aliphatic rings. The van der Waals surface area contributed by atoms with E-state index in [2.05, 4.69) is 10.6 Å². The van der Waals surface area contributed by atoms with Gasteiger partial charge in [-0.2, -0.15) is 0 Å². The maximum Gasteiger partial charge on any atom is 0.220 e. The molecule has 0 saturated heterocycles. The normalized spacial score (nSPS) is 11.5. The van der Waals surface area contributed by atoms with Gasteiger partial charge in [0.25, 0.3) is 0 Å². The van der Waals surface area contributed by atoms with E-state index in [1.807, 2.05) is 13.8 Å². The number of nitrogens with one attached hydrogen (secondary N) is 2. The topological polar surface area (TPSA) is 41.1 Å². The highest BCUT2D eigenvalue weighted by molar-refractivity contribution is 5.85. The SMILES string of the molecule is CCN[C@H](C)CNC(=O)CCc1ccc(F)cc1.Cl. The Morgan fingerprint density at radius 2 is 1.95 bits per heavy atom. The molecule has 0 aromatic heterocycles. The van der Waals surface area contributed by atoms with E-state index in [9.17, 15) is 9.18 Å². The minimum Gasteiger partial charge on any atom is -0.355 e. The number of carbonyl (C=O) groups excluding carboxylic acids is 1. The van der Waals surface area contributed by atoms with E-state index in [-0.39, 0.29) is 30.2 Å². The molecule has 5 heteroatoms. The van der Waals surface area contributed by atoms with Crippen molar-refractivity contribution in [2.45, 2.75) is 32.7 Å². The molecular formula is C14H22ClFN2O. The molecule has 0 heterocycles. The molecule has 1 rings (SSSR count). The first kappa shape index (κ1) is 17.9. The Kier molecular flexibility index (Phi) is 9.17. The van der Waals surface area contributed by atoms with Crippen molar-refractivity contribution in [3.05, 3.63) is 35.6 Å². The molecule has 0 unspecified atom stereocenters. The predicted octanol–water partition coefficient (Wildman–Crippen LogP) is 2.29. The molecule has 2 N–H and O–H groups in total. The van der Waals surface area contributed by atoms with Crippen molar-refractivity contribution in [1.82, 2.24) is 10.6 Å². The molecule has 0 radical (unpaired) electrons. The first-order valence-electron chi connectivity index (χ1n) is 6.36. The highest BCUT2D eigenvalue weighted by atomic mass is 35.5. The number of halogens is 2. The fourth-order valence-corrected chi connectivity index (χ4v) is 1.68. The molecule has 19 heavy (non-hydrogen) atoms. The second-order valence-corrected chi connectivity index (χ2v) is 4.39. The predicted molar refractivity (Wildman–Crippen MR) is 78.1 cm³/mol. The van der Waals surface area contributed by atoms with Crippen LogP contribution in [0.25, 0.3) is 0 Å². The van der Waals surface area contributed by atoms with Gasteiger partial charge in [-0.15, -0.1) is 12.4 Å². The lowest BCUT2D eigenvalue weighted by atomic mass is 10.1. The van der Waals surface area contributed by atoms with Crippen LogP contribution in [-0.2, 0) is 11.2 Å². The monoisotopic (exact) mass is 288 g/mol. The second kappa shape index (κ2) is 9.75. The number of aryl methyl sites for hydroxylation is 1. The van der Waals surface area contributed by atoms with Crippen LogP contribution >= 0.6 is 12.4 Å². The number of hydrogen-bond donors (Lipinski definition) is 2. The molecule has 0 spiro atoms. The number of amides is 1. The van der Waals surface area contributed by atoms with Gasteiger partial charge < -0.3 is 10.6 Å². The summed E-state index contributed by atoms with van der Waals surface area (Å²) in [5.74, 6) is -0.216. The van der Waals surface area contributed by atoms with Crippen LogP contribution in [0.15, 0.2) is 24.3 Å². The van der Waals surface area contributed by atoms with Crippen molar-refractivity contribution in [2.24, 2.45) is 0 Å². The van der Waals surface area contributed by atoms with Crippen LogP contribution in [0.3, 0.4) is 0 Å². The summed E-state index contributed by atoms with van der Waals surface area (Å²) in [6.45, 7) is 5.60. The van der Waals surface area contributed by atoms with Crippen molar-refractivity contribution < 1.29 is 9.18 Å². The van der Waals surface area contributed by atoms with Gasteiger partial charge in [-0.1, -0.05) is 19.1 Å². The summed E-state index contributed by atoms with van der Waals surface area (Å²) in [5.41, 5.74) is 0.978. The standard InChI is InChI=1S/C14H21FN2O.ClH/c1-3-16-11(2)10-17-14(18)9-6-12-4-7-13(15)8-5-12;/h4-5,7-8,11,16H,3,6,9-10H2,1-2H3,(H,17,18);1H/t11-;/m1./s1. The van der Waals surface area contributed by atoms with Crippen molar-refractivity contribution in [3.8, 4) is 0 Å². The summed E-state index contributed by atoms with van der Waals surface area (Å²) < 4.78 is 12.7. The zero-order valence-corrected chi connectivity index (χ0v) is 12.2. The van der Waals surface area contributed by atoms with Gasteiger partial charge in [0.2, 0.25) is 5.91 Å². The van der Waals surface area contributed by atoms with Gasteiger partial charge >= 0.3 is 0 Å². The van der Waals surface area contributed by atoms with Gasteiger partial charge in [0.1, 0.15) is 5.82 Å². The zero-order chi connectivity index (χ0) is 13.4. The van der Waals surface area contributed by atoms with E-state index in [4.69, 9.17) is 0 Å². The molecule has 0 bridgehead atoms. The third-order valence-electron chi connectivity index (χ3n) is 2.71. The molecule has 1 amide bonds. The average molecular weight is 289 g/mol. The van der Waals surface area contributed by atoms with E-state index < -0.39 is 0 Å². The molecule has 1 aromatic rings. The number of rotatable bonds is 7. The van der Waals surface area contributed by atoms with Crippen molar-refractivity contribution >= 4 is 18.3 Å². The lowest BCUT2D eigenvalue weighted by Crippen LogP contribution is -2.38. The van der Waals surface area contributed by atoms with Crippen LogP contribution in [0.4, 0.5) is 4.39 Å². The highest BCUT2D eigenvalue weighted by Crippen LogP contribution is 2.05.